The molecular formula is C16H16ClNO. The van der Waals surface area contributed by atoms with Crippen LogP contribution in [0, 0.1) is 0 Å². The normalized spacial score (nSPS) is 13.5. The molecule has 2 aromatic rings. The second-order valence-corrected chi connectivity index (χ2v) is 5.27. The van der Waals surface area contributed by atoms with E-state index < -0.39 is 0 Å². The summed E-state index contributed by atoms with van der Waals surface area (Å²) in [5.74, 6) is 0.835. The van der Waals surface area contributed by atoms with Gasteiger partial charge in [0.2, 0.25) is 0 Å². The fourth-order valence-corrected chi connectivity index (χ4v) is 2.93. The van der Waals surface area contributed by atoms with Gasteiger partial charge < -0.3 is 4.90 Å². The van der Waals surface area contributed by atoms with Gasteiger partial charge in [-0.25, -0.2) is 0 Å². The van der Waals surface area contributed by atoms with Crippen LogP contribution in [0.2, 0.25) is 0 Å². The number of carbonyl (C=O) groups excluding carboxylic acids is 1. The second-order valence-electron chi connectivity index (χ2n) is 4.89. The van der Waals surface area contributed by atoms with Gasteiger partial charge >= 0.3 is 0 Å². The largest absolute Gasteiger partial charge is 0.308 e. The van der Waals surface area contributed by atoms with Crippen LogP contribution in [0.4, 0.5) is 5.69 Å². The minimum absolute atomic E-state index is 0.137. The predicted molar refractivity (Wildman–Crippen MR) is 80.2 cm³/mol. The van der Waals surface area contributed by atoms with Crippen molar-refractivity contribution >= 4 is 34.0 Å². The van der Waals surface area contributed by atoms with Gasteiger partial charge in [0, 0.05) is 23.4 Å². The van der Waals surface area contributed by atoms with Crippen molar-refractivity contribution in [1.29, 1.82) is 0 Å². The molecule has 2 nitrogen and oxygen atoms in total. The molecule has 0 fully saturated rings. The number of rotatable bonds is 5. The van der Waals surface area contributed by atoms with E-state index in [0.717, 1.165) is 47.8 Å². The van der Waals surface area contributed by atoms with Crippen LogP contribution in [0.1, 0.15) is 29.6 Å². The first-order valence-electron chi connectivity index (χ1n) is 6.72. The Bertz CT molecular complexity index is 618. The van der Waals surface area contributed by atoms with Gasteiger partial charge in [0.1, 0.15) is 0 Å². The summed E-state index contributed by atoms with van der Waals surface area (Å²) in [6, 6.07) is 12.1. The molecule has 19 heavy (non-hydrogen) atoms. The number of carbonyl (C=O) groups is 1. The van der Waals surface area contributed by atoms with Crippen LogP contribution in [0.25, 0.3) is 10.8 Å². The molecule has 0 atom stereocenters. The van der Waals surface area contributed by atoms with Gasteiger partial charge in [0.05, 0.1) is 5.69 Å². The molecule has 0 spiro atoms. The fraction of sp³-hybridized carbons (Fsp3) is 0.312. The van der Waals surface area contributed by atoms with E-state index in [-0.39, 0.29) is 5.91 Å². The zero-order valence-electron chi connectivity index (χ0n) is 10.7. The molecule has 0 saturated carbocycles. The molecule has 0 radical (unpaired) electrons. The number of alkyl halides is 1. The summed E-state index contributed by atoms with van der Waals surface area (Å²) in [4.78, 5) is 14.3. The van der Waals surface area contributed by atoms with Gasteiger partial charge in [0.25, 0.3) is 5.91 Å². The molecule has 0 aromatic heterocycles. The van der Waals surface area contributed by atoms with Crippen LogP contribution >= 0.6 is 11.6 Å². The highest BCUT2D eigenvalue weighted by atomic mass is 35.5. The second kappa shape index (κ2) is 5.22. The van der Waals surface area contributed by atoms with Crippen molar-refractivity contribution in [3.63, 3.8) is 0 Å². The van der Waals surface area contributed by atoms with Crippen molar-refractivity contribution in [2.24, 2.45) is 0 Å². The smallest absolute Gasteiger partial charge is 0.258 e. The number of nitrogens with zero attached hydrogens (tertiary/aromatic N) is 1. The number of benzene rings is 2. The average Bonchev–Trinajstić information content (AvgIpc) is 2.71. The standard InChI is InChI=1S/C16H16ClNO/c17-10-2-1-3-11-18-14-9-5-7-12-6-4-8-13(15(12)14)16(18)19/h4-9H,1-3,10-11H2. The van der Waals surface area contributed by atoms with Crippen LogP contribution in [-0.4, -0.2) is 18.3 Å². The first-order valence-corrected chi connectivity index (χ1v) is 7.26. The van der Waals surface area contributed by atoms with Gasteiger partial charge in [0.15, 0.2) is 0 Å². The molecular weight excluding hydrogens is 258 g/mol. The van der Waals surface area contributed by atoms with E-state index in [1.807, 2.05) is 29.2 Å². The lowest BCUT2D eigenvalue weighted by atomic mass is 10.1. The summed E-state index contributed by atoms with van der Waals surface area (Å²) in [5.41, 5.74) is 1.90. The predicted octanol–water partition coefficient (Wildman–Crippen LogP) is 4.21. The summed E-state index contributed by atoms with van der Waals surface area (Å²) in [7, 11) is 0. The van der Waals surface area contributed by atoms with Gasteiger partial charge in [-0.2, -0.15) is 0 Å². The number of hydrogen-bond donors (Lipinski definition) is 0. The molecule has 3 rings (SSSR count). The third-order valence-corrected chi connectivity index (χ3v) is 3.93. The van der Waals surface area contributed by atoms with Crippen LogP contribution < -0.4 is 4.90 Å². The zero-order chi connectivity index (χ0) is 13.2. The Labute approximate surface area is 118 Å². The Morgan fingerprint density at radius 1 is 1.00 bits per heavy atom. The summed E-state index contributed by atoms with van der Waals surface area (Å²) in [6.45, 7) is 0.781. The van der Waals surface area contributed by atoms with Gasteiger partial charge in [-0.05, 0) is 30.4 Å². The highest BCUT2D eigenvalue weighted by molar-refractivity contribution is 6.25. The molecule has 2 aromatic carbocycles. The van der Waals surface area contributed by atoms with E-state index >= 15 is 0 Å². The molecule has 0 aliphatic carbocycles. The zero-order valence-corrected chi connectivity index (χ0v) is 11.5. The summed E-state index contributed by atoms with van der Waals surface area (Å²) >= 11 is 5.68. The maximum absolute atomic E-state index is 12.4. The molecule has 0 N–H and O–H groups in total. The lowest BCUT2D eigenvalue weighted by molar-refractivity contribution is 0.0993. The Hall–Kier alpha value is -1.54. The van der Waals surface area contributed by atoms with E-state index in [1.165, 1.54) is 0 Å². The molecule has 1 amide bonds. The first-order chi connectivity index (χ1) is 9.33. The molecule has 0 saturated heterocycles. The van der Waals surface area contributed by atoms with E-state index in [9.17, 15) is 4.79 Å². The van der Waals surface area contributed by atoms with Crippen LogP contribution in [0.5, 0.6) is 0 Å². The van der Waals surface area contributed by atoms with Crippen molar-refractivity contribution in [1.82, 2.24) is 0 Å². The minimum Gasteiger partial charge on any atom is -0.308 e. The molecule has 1 aliphatic heterocycles. The third kappa shape index (κ3) is 2.10. The Morgan fingerprint density at radius 2 is 1.79 bits per heavy atom. The summed E-state index contributed by atoms with van der Waals surface area (Å²) in [6.07, 6.45) is 3.09. The van der Waals surface area contributed by atoms with Gasteiger partial charge in [-0.1, -0.05) is 30.7 Å². The SMILES string of the molecule is O=C1c2cccc3cccc(c23)N1CCCCCCl. The fourth-order valence-electron chi connectivity index (χ4n) is 2.74. The Morgan fingerprint density at radius 3 is 2.58 bits per heavy atom. The molecule has 0 bridgehead atoms. The lowest BCUT2D eigenvalue weighted by Crippen LogP contribution is -2.27. The van der Waals surface area contributed by atoms with Crippen molar-refractivity contribution in [3.8, 4) is 0 Å². The van der Waals surface area contributed by atoms with Crippen molar-refractivity contribution in [3.05, 3.63) is 42.0 Å². The van der Waals surface area contributed by atoms with E-state index in [4.69, 9.17) is 11.6 Å². The van der Waals surface area contributed by atoms with Crippen LogP contribution in [0.15, 0.2) is 36.4 Å². The van der Waals surface area contributed by atoms with Gasteiger partial charge in [-0.3, -0.25) is 4.79 Å². The number of unbranched alkanes of at least 4 members (excludes halogenated alkanes) is 2. The summed E-state index contributed by atoms with van der Waals surface area (Å²) in [5, 5.41) is 2.25. The highest BCUT2D eigenvalue weighted by Crippen LogP contribution is 2.37. The molecule has 0 unspecified atom stereocenters. The third-order valence-electron chi connectivity index (χ3n) is 3.66. The average molecular weight is 274 g/mol. The molecule has 3 heteroatoms. The summed E-state index contributed by atoms with van der Waals surface area (Å²) < 4.78 is 0. The highest BCUT2D eigenvalue weighted by Gasteiger charge is 2.28. The van der Waals surface area contributed by atoms with E-state index in [0.29, 0.717) is 5.88 Å². The first kappa shape index (κ1) is 12.5. The Kier molecular flexibility index (Phi) is 3.43. The van der Waals surface area contributed by atoms with Crippen molar-refractivity contribution < 1.29 is 4.79 Å². The number of halogens is 1. The topological polar surface area (TPSA) is 20.3 Å². The van der Waals surface area contributed by atoms with E-state index in [2.05, 4.69) is 12.1 Å². The number of amides is 1. The number of anilines is 1. The molecule has 1 aliphatic rings. The van der Waals surface area contributed by atoms with Crippen molar-refractivity contribution in [2.75, 3.05) is 17.3 Å². The van der Waals surface area contributed by atoms with E-state index in [1.54, 1.807) is 0 Å². The minimum atomic E-state index is 0.137. The lowest BCUT2D eigenvalue weighted by Gasteiger charge is -2.17. The Balaban J connectivity index is 1.90. The maximum atomic E-state index is 12.4. The molecule has 1 heterocycles. The van der Waals surface area contributed by atoms with Crippen LogP contribution in [0.3, 0.4) is 0 Å². The quantitative estimate of drug-likeness (QED) is 0.590. The van der Waals surface area contributed by atoms with Gasteiger partial charge in [-0.15, -0.1) is 11.6 Å². The van der Waals surface area contributed by atoms with Crippen molar-refractivity contribution in [2.45, 2.75) is 19.3 Å². The monoisotopic (exact) mass is 273 g/mol. The maximum Gasteiger partial charge on any atom is 0.258 e. The molecule has 98 valence electrons. The number of hydrogen-bond acceptors (Lipinski definition) is 1. The van der Waals surface area contributed by atoms with Crippen LogP contribution in [-0.2, 0) is 0 Å².